The molecular formula is C20H21N3O3S. The Morgan fingerprint density at radius 1 is 1.07 bits per heavy atom. The van der Waals surface area contributed by atoms with E-state index in [1.54, 1.807) is 30.1 Å². The molecule has 1 N–H and O–H groups in total. The van der Waals surface area contributed by atoms with E-state index in [0.29, 0.717) is 12.4 Å². The summed E-state index contributed by atoms with van der Waals surface area (Å²) >= 11 is 1.56. The summed E-state index contributed by atoms with van der Waals surface area (Å²) in [5, 5.41) is 3.74. The topological polar surface area (TPSA) is 65.4 Å². The largest absolute Gasteiger partial charge is 0.494 e. The van der Waals surface area contributed by atoms with Gasteiger partial charge in [0.1, 0.15) is 11.5 Å². The summed E-state index contributed by atoms with van der Waals surface area (Å²) in [6.07, 6.45) is 3.67. The molecule has 0 unspecified atom stereocenters. The van der Waals surface area contributed by atoms with Crippen molar-refractivity contribution in [1.82, 2.24) is 9.55 Å². The number of nitrogens with one attached hydrogen (secondary N) is 1. The number of carbonyl (C=O) groups is 1. The van der Waals surface area contributed by atoms with Crippen LogP contribution in [0.3, 0.4) is 0 Å². The molecule has 0 saturated carbocycles. The van der Waals surface area contributed by atoms with Crippen LogP contribution >= 0.6 is 11.8 Å². The molecule has 3 aromatic rings. The van der Waals surface area contributed by atoms with Gasteiger partial charge in [0.15, 0.2) is 11.8 Å². The van der Waals surface area contributed by atoms with E-state index in [-0.39, 0.29) is 12.5 Å². The minimum atomic E-state index is -0.214. The standard InChI is InChI=1S/C20H21N3O3S/c1-3-25-16-6-8-17(9-7-16)26-14-19(24)22-15-4-10-18(11-5-15)27-20-21-12-13-23(20)2/h4-13H,3,14H2,1-2H3,(H,22,24). The number of nitrogens with zero attached hydrogens (tertiary/aromatic N) is 2. The van der Waals surface area contributed by atoms with Gasteiger partial charge in [-0.2, -0.15) is 0 Å². The maximum Gasteiger partial charge on any atom is 0.262 e. The molecule has 6 nitrogen and oxygen atoms in total. The smallest absolute Gasteiger partial charge is 0.262 e. The summed E-state index contributed by atoms with van der Waals surface area (Å²) in [6.45, 7) is 2.48. The van der Waals surface area contributed by atoms with Gasteiger partial charge in [-0.25, -0.2) is 4.98 Å². The molecule has 2 aromatic carbocycles. The molecule has 0 aliphatic rings. The SMILES string of the molecule is CCOc1ccc(OCC(=O)Nc2ccc(Sc3nccn3C)cc2)cc1. The molecule has 140 valence electrons. The maximum atomic E-state index is 12.1. The third-order valence-electron chi connectivity index (χ3n) is 3.63. The minimum absolute atomic E-state index is 0.0578. The van der Waals surface area contributed by atoms with E-state index in [1.165, 1.54) is 0 Å². The highest BCUT2D eigenvalue weighted by Gasteiger charge is 2.06. The Hall–Kier alpha value is -2.93. The second kappa shape index (κ2) is 9.14. The number of hydrogen-bond acceptors (Lipinski definition) is 5. The Kier molecular flexibility index (Phi) is 6.38. The van der Waals surface area contributed by atoms with Crippen molar-refractivity contribution >= 4 is 23.4 Å². The van der Waals surface area contributed by atoms with Crippen molar-refractivity contribution in [2.45, 2.75) is 17.0 Å². The molecule has 1 aromatic heterocycles. The number of amides is 1. The summed E-state index contributed by atoms with van der Waals surface area (Å²) in [5.74, 6) is 1.18. The normalized spacial score (nSPS) is 10.4. The van der Waals surface area contributed by atoms with Crippen LogP contribution in [0.5, 0.6) is 11.5 Å². The number of imidazole rings is 1. The zero-order chi connectivity index (χ0) is 19.1. The fraction of sp³-hybridized carbons (Fsp3) is 0.200. The second-order valence-corrected chi connectivity index (χ2v) is 6.73. The lowest BCUT2D eigenvalue weighted by Crippen LogP contribution is -2.20. The molecule has 0 spiro atoms. The van der Waals surface area contributed by atoms with E-state index in [1.807, 2.05) is 61.1 Å². The van der Waals surface area contributed by atoms with Crippen molar-refractivity contribution < 1.29 is 14.3 Å². The van der Waals surface area contributed by atoms with Gasteiger partial charge in [0.2, 0.25) is 0 Å². The Morgan fingerprint density at radius 3 is 2.33 bits per heavy atom. The highest BCUT2D eigenvalue weighted by atomic mass is 32.2. The van der Waals surface area contributed by atoms with Crippen molar-refractivity contribution in [3.05, 3.63) is 60.9 Å². The molecule has 1 heterocycles. The highest BCUT2D eigenvalue weighted by molar-refractivity contribution is 7.99. The first-order valence-electron chi connectivity index (χ1n) is 8.55. The fourth-order valence-electron chi connectivity index (χ4n) is 2.31. The third-order valence-corrected chi connectivity index (χ3v) is 4.71. The van der Waals surface area contributed by atoms with Crippen LogP contribution in [0.4, 0.5) is 5.69 Å². The molecule has 7 heteroatoms. The molecule has 0 saturated heterocycles. The monoisotopic (exact) mass is 383 g/mol. The lowest BCUT2D eigenvalue weighted by molar-refractivity contribution is -0.118. The van der Waals surface area contributed by atoms with Gasteiger partial charge in [0.05, 0.1) is 6.61 Å². The number of aromatic nitrogens is 2. The molecular weight excluding hydrogens is 362 g/mol. The molecule has 0 aliphatic heterocycles. The molecule has 0 bridgehead atoms. The lowest BCUT2D eigenvalue weighted by Gasteiger charge is -2.09. The zero-order valence-corrected chi connectivity index (χ0v) is 16.0. The summed E-state index contributed by atoms with van der Waals surface area (Å²) in [4.78, 5) is 17.4. The number of carbonyl (C=O) groups excluding carboxylic acids is 1. The Bertz CT molecular complexity index is 876. The predicted molar refractivity (Wildman–Crippen MR) is 106 cm³/mol. The van der Waals surface area contributed by atoms with E-state index in [2.05, 4.69) is 10.3 Å². The molecule has 1 amide bonds. The van der Waals surface area contributed by atoms with Crippen LogP contribution in [-0.2, 0) is 11.8 Å². The molecule has 3 rings (SSSR count). The van der Waals surface area contributed by atoms with Crippen LogP contribution < -0.4 is 14.8 Å². The van der Waals surface area contributed by atoms with E-state index in [9.17, 15) is 4.79 Å². The molecule has 0 aliphatic carbocycles. The van der Waals surface area contributed by atoms with E-state index >= 15 is 0 Å². The maximum absolute atomic E-state index is 12.1. The number of aryl methyl sites for hydroxylation is 1. The van der Waals surface area contributed by atoms with Crippen LogP contribution in [0.25, 0.3) is 0 Å². The van der Waals surface area contributed by atoms with Crippen LogP contribution in [0.15, 0.2) is 71.0 Å². The van der Waals surface area contributed by atoms with Crippen molar-refractivity contribution in [2.75, 3.05) is 18.5 Å². The van der Waals surface area contributed by atoms with Gasteiger partial charge in [-0.05, 0) is 55.5 Å². The van der Waals surface area contributed by atoms with Gasteiger partial charge < -0.3 is 19.4 Å². The molecule has 27 heavy (non-hydrogen) atoms. The van der Waals surface area contributed by atoms with E-state index < -0.39 is 0 Å². The first-order valence-corrected chi connectivity index (χ1v) is 9.36. The summed E-state index contributed by atoms with van der Waals surface area (Å²) in [5.41, 5.74) is 0.722. The summed E-state index contributed by atoms with van der Waals surface area (Å²) < 4.78 is 12.8. The van der Waals surface area contributed by atoms with Crippen molar-refractivity contribution in [2.24, 2.45) is 7.05 Å². The fourth-order valence-corrected chi connectivity index (χ4v) is 3.11. The number of ether oxygens (including phenoxy) is 2. The van der Waals surface area contributed by atoms with Gasteiger partial charge >= 0.3 is 0 Å². The molecule has 0 fully saturated rings. The van der Waals surface area contributed by atoms with Crippen LogP contribution in [0.1, 0.15) is 6.92 Å². The van der Waals surface area contributed by atoms with Crippen molar-refractivity contribution in [3.8, 4) is 11.5 Å². The summed E-state index contributed by atoms with van der Waals surface area (Å²) in [7, 11) is 1.95. The van der Waals surface area contributed by atoms with Gasteiger partial charge in [0.25, 0.3) is 5.91 Å². The zero-order valence-electron chi connectivity index (χ0n) is 15.2. The van der Waals surface area contributed by atoms with Gasteiger partial charge in [-0.15, -0.1) is 0 Å². The first-order chi connectivity index (χ1) is 13.1. The first kappa shape index (κ1) is 18.8. The Balaban J connectivity index is 1.48. The van der Waals surface area contributed by atoms with Crippen molar-refractivity contribution in [3.63, 3.8) is 0 Å². The van der Waals surface area contributed by atoms with E-state index in [0.717, 1.165) is 21.5 Å². The molecule has 0 atom stereocenters. The number of anilines is 1. The van der Waals surface area contributed by atoms with Gasteiger partial charge in [0, 0.05) is 30.0 Å². The third kappa shape index (κ3) is 5.52. The number of hydrogen-bond donors (Lipinski definition) is 1. The predicted octanol–water partition coefficient (Wildman–Crippen LogP) is 3.99. The Morgan fingerprint density at radius 2 is 1.74 bits per heavy atom. The molecule has 0 radical (unpaired) electrons. The lowest BCUT2D eigenvalue weighted by atomic mass is 10.3. The van der Waals surface area contributed by atoms with Gasteiger partial charge in [-0.3, -0.25) is 4.79 Å². The quantitative estimate of drug-likeness (QED) is 0.637. The van der Waals surface area contributed by atoms with Crippen LogP contribution in [0, 0.1) is 0 Å². The number of benzene rings is 2. The van der Waals surface area contributed by atoms with Crippen molar-refractivity contribution in [1.29, 1.82) is 0 Å². The van der Waals surface area contributed by atoms with Gasteiger partial charge in [-0.1, -0.05) is 11.8 Å². The minimum Gasteiger partial charge on any atom is -0.494 e. The Labute approximate surface area is 162 Å². The van der Waals surface area contributed by atoms with Crippen LogP contribution in [-0.4, -0.2) is 28.7 Å². The highest BCUT2D eigenvalue weighted by Crippen LogP contribution is 2.26. The summed E-state index contributed by atoms with van der Waals surface area (Å²) in [6, 6.07) is 14.8. The number of rotatable bonds is 8. The van der Waals surface area contributed by atoms with E-state index in [4.69, 9.17) is 9.47 Å². The van der Waals surface area contributed by atoms with Crippen LogP contribution in [0.2, 0.25) is 0 Å². The average molecular weight is 383 g/mol. The average Bonchev–Trinajstić information content (AvgIpc) is 3.08. The second-order valence-electron chi connectivity index (χ2n) is 5.69.